The smallest absolute Gasteiger partial charge is 0.276 e. The zero-order chi connectivity index (χ0) is 19.3. The van der Waals surface area contributed by atoms with Crippen molar-refractivity contribution in [2.24, 2.45) is 0 Å². The maximum atomic E-state index is 12.0. The molecule has 0 aliphatic heterocycles. The third-order valence-corrected chi connectivity index (χ3v) is 4.91. The van der Waals surface area contributed by atoms with Crippen molar-refractivity contribution in [1.29, 1.82) is 0 Å². The second-order valence-electron chi connectivity index (χ2n) is 5.85. The Morgan fingerprint density at radius 3 is 2.79 bits per heavy atom. The van der Waals surface area contributed by atoms with Crippen molar-refractivity contribution in [3.63, 3.8) is 0 Å². The fourth-order valence-corrected chi connectivity index (χ4v) is 3.35. The Hall–Kier alpha value is -2.91. The molecule has 28 heavy (non-hydrogen) atoms. The highest BCUT2D eigenvalue weighted by Gasteiger charge is 2.11. The van der Waals surface area contributed by atoms with Crippen molar-refractivity contribution in [2.45, 2.75) is 18.2 Å². The average Bonchev–Trinajstić information content (AvgIpc) is 3.31. The monoisotopic (exact) mass is 414 g/mol. The van der Waals surface area contributed by atoms with Crippen molar-refractivity contribution >= 4 is 46.0 Å². The van der Waals surface area contributed by atoms with Gasteiger partial charge in [0.25, 0.3) is 5.22 Å². The van der Waals surface area contributed by atoms with E-state index in [1.54, 1.807) is 28.9 Å². The molecule has 0 unspecified atom stereocenters. The Balaban J connectivity index is 1.28. The zero-order valence-electron chi connectivity index (χ0n) is 14.6. The number of amides is 1. The van der Waals surface area contributed by atoms with E-state index in [4.69, 9.17) is 16.0 Å². The molecule has 10 heteroatoms. The Kier molecular flexibility index (Phi) is 5.54. The highest BCUT2D eigenvalue weighted by atomic mass is 35.5. The van der Waals surface area contributed by atoms with Crippen LogP contribution in [0.2, 0.25) is 5.02 Å². The average molecular weight is 415 g/mol. The van der Waals surface area contributed by atoms with Crippen LogP contribution in [0.4, 0.5) is 5.69 Å². The Morgan fingerprint density at radius 2 is 1.93 bits per heavy atom. The van der Waals surface area contributed by atoms with E-state index in [2.05, 4.69) is 25.8 Å². The van der Waals surface area contributed by atoms with Gasteiger partial charge in [-0.1, -0.05) is 40.7 Å². The van der Waals surface area contributed by atoms with Gasteiger partial charge in [-0.3, -0.25) is 4.79 Å². The molecule has 1 amide bonds. The Morgan fingerprint density at radius 1 is 1.11 bits per heavy atom. The van der Waals surface area contributed by atoms with Crippen LogP contribution >= 0.6 is 23.4 Å². The van der Waals surface area contributed by atoms with Crippen molar-refractivity contribution < 1.29 is 9.21 Å². The Bertz CT molecular complexity index is 1090. The van der Waals surface area contributed by atoms with E-state index in [-0.39, 0.29) is 5.91 Å². The third kappa shape index (κ3) is 4.49. The molecule has 4 rings (SSSR count). The predicted molar refractivity (Wildman–Crippen MR) is 106 cm³/mol. The van der Waals surface area contributed by atoms with Gasteiger partial charge >= 0.3 is 0 Å². The highest BCUT2D eigenvalue weighted by molar-refractivity contribution is 7.99. The minimum Gasteiger partial charge on any atom is -0.414 e. The number of nitrogens with one attached hydrogen (secondary N) is 1. The number of anilines is 1. The van der Waals surface area contributed by atoms with E-state index in [1.165, 1.54) is 11.8 Å². The molecule has 0 spiro atoms. The summed E-state index contributed by atoms with van der Waals surface area (Å²) in [5, 5.41) is 20.1. The first-order valence-corrected chi connectivity index (χ1v) is 9.82. The number of benzene rings is 2. The number of para-hydroxylation sites is 1. The first kappa shape index (κ1) is 18.5. The molecule has 0 aliphatic carbocycles. The number of carbonyl (C=O) groups excluding carboxylic acids is 1. The van der Waals surface area contributed by atoms with Crippen LogP contribution in [-0.2, 0) is 11.3 Å². The first-order valence-electron chi connectivity index (χ1n) is 8.46. The van der Waals surface area contributed by atoms with Gasteiger partial charge in [0.1, 0.15) is 12.1 Å². The summed E-state index contributed by atoms with van der Waals surface area (Å²) in [4.78, 5) is 12.0. The van der Waals surface area contributed by atoms with E-state index in [0.29, 0.717) is 40.5 Å². The van der Waals surface area contributed by atoms with Gasteiger partial charge < -0.3 is 9.73 Å². The summed E-state index contributed by atoms with van der Waals surface area (Å²) in [7, 11) is 0. The number of aromatic nitrogens is 5. The molecular formula is C18H15ClN6O2S. The lowest BCUT2D eigenvalue weighted by Gasteiger charge is -2.04. The SMILES string of the molecule is O=C(CCSc1nnc(Cn2nnc3ccccc32)o1)Nc1ccc(Cl)cc1. The summed E-state index contributed by atoms with van der Waals surface area (Å²) in [6, 6.07) is 14.6. The second-order valence-corrected chi connectivity index (χ2v) is 7.33. The molecule has 142 valence electrons. The molecule has 0 bridgehead atoms. The van der Waals surface area contributed by atoms with Crippen LogP contribution < -0.4 is 5.32 Å². The van der Waals surface area contributed by atoms with Crippen LogP contribution in [0.15, 0.2) is 58.2 Å². The summed E-state index contributed by atoms with van der Waals surface area (Å²) in [5.74, 6) is 0.861. The van der Waals surface area contributed by atoms with Crippen molar-refractivity contribution in [3.8, 4) is 0 Å². The van der Waals surface area contributed by atoms with Crippen molar-refractivity contribution in [1.82, 2.24) is 25.2 Å². The Labute approximate surface area is 169 Å². The number of hydrogen-bond acceptors (Lipinski definition) is 7. The van der Waals surface area contributed by atoms with Crippen molar-refractivity contribution in [3.05, 3.63) is 59.4 Å². The third-order valence-electron chi connectivity index (χ3n) is 3.84. The van der Waals surface area contributed by atoms with E-state index in [9.17, 15) is 4.79 Å². The molecule has 0 radical (unpaired) electrons. The molecule has 0 fully saturated rings. The summed E-state index contributed by atoms with van der Waals surface area (Å²) in [5.41, 5.74) is 2.41. The summed E-state index contributed by atoms with van der Waals surface area (Å²) >= 11 is 7.16. The summed E-state index contributed by atoms with van der Waals surface area (Å²) < 4.78 is 7.33. The number of rotatable bonds is 7. The van der Waals surface area contributed by atoms with E-state index < -0.39 is 0 Å². The molecule has 0 saturated heterocycles. The molecular weight excluding hydrogens is 400 g/mol. The number of thioether (sulfide) groups is 1. The van der Waals surface area contributed by atoms with Crippen LogP contribution in [0, 0.1) is 0 Å². The molecule has 2 aromatic heterocycles. The van der Waals surface area contributed by atoms with Gasteiger partial charge in [-0.25, -0.2) is 4.68 Å². The number of hydrogen-bond donors (Lipinski definition) is 1. The van der Waals surface area contributed by atoms with Crippen LogP contribution in [0.5, 0.6) is 0 Å². The molecule has 4 aromatic rings. The fraction of sp³-hybridized carbons (Fsp3) is 0.167. The number of halogens is 1. The lowest BCUT2D eigenvalue weighted by Crippen LogP contribution is -2.11. The van der Waals surface area contributed by atoms with E-state index >= 15 is 0 Å². The van der Waals surface area contributed by atoms with Gasteiger partial charge in [-0.05, 0) is 36.4 Å². The quantitative estimate of drug-likeness (QED) is 0.461. The predicted octanol–water partition coefficient (Wildman–Crippen LogP) is 3.64. The molecule has 0 atom stereocenters. The number of carbonyl (C=O) groups is 1. The van der Waals surface area contributed by atoms with Gasteiger partial charge in [0.2, 0.25) is 11.8 Å². The van der Waals surface area contributed by atoms with Gasteiger partial charge in [0.05, 0.1) is 5.52 Å². The van der Waals surface area contributed by atoms with Crippen LogP contribution in [0.1, 0.15) is 12.3 Å². The second kappa shape index (κ2) is 8.41. The topological polar surface area (TPSA) is 98.7 Å². The lowest BCUT2D eigenvalue weighted by atomic mass is 10.3. The largest absolute Gasteiger partial charge is 0.414 e. The normalized spacial score (nSPS) is 11.0. The zero-order valence-corrected chi connectivity index (χ0v) is 16.2. The number of nitrogens with zero attached hydrogens (tertiary/aromatic N) is 5. The molecule has 2 aromatic carbocycles. The maximum Gasteiger partial charge on any atom is 0.276 e. The summed E-state index contributed by atoms with van der Waals surface area (Å²) in [6.07, 6.45) is 0.318. The summed E-state index contributed by atoms with van der Waals surface area (Å²) in [6.45, 7) is 0.338. The van der Waals surface area contributed by atoms with Gasteiger partial charge in [0, 0.05) is 22.9 Å². The lowest BCUT2D eigenvalue weighted by molar-refractivity contribution is -0.115. The van der Waals surface area contributed by atoms with Crippen LogP contribution in [0.25, 0.3) is 11.0 Å². The molecule has 8 nitrogen and oxygen atoms in total. The molecule has 0 saturated carbocycles. The van der Waals surface area contributed by atoms with Crippen LogP contribution in [0.3, 0.4) is 0 Å². The number of fused-ring (bicyclic) bond motifs is 1. The van der Waals surface area contributed by atoms with E-state index in [0.717, 1.165) is 11.0 Å². The first-order chi connectivity index (χ1) is 13.7. The highest BCUT2D eigenvalue weighted by Crippen LogP contribution is 2.19. The van der Waals surface area contributed by atoms with Gasteiger partial charge in [-0.2, -0.15) is 0 Å². The van der Waals surface area contributed by atoms with E-state index in [1.807, 2.05) is 24.3 Å². The standard InChI is InChI=1S/C18H15ClN6O2S/c19-12-5-7-13(8-6-12)20-16(26)9-10-28-18-23-22-17(27-18)11-25-15-4-2-1-3-14(15)21-24-25/h1-8H,9-11H2,(H,20,26). The maximum absolute atomic E-state index is 12.0. The molecule has 2 heterocycles. The van der Waals surface area contributed by atoms with Crippen molar-refractivity contribution in [2.75, 3.05) is 11.1 Å². The minimum absolute atomic E-state index is 0.0938. The minimum atomic E-state index is -0.0938. The van der Waals surface area contributed by atoms with Crippen LogP contribution in [-0.4, -0.2) is 36.9 Å². The molecule has 0 aliphatic rings. The van der Waals surface area contributed by atoms with Gasteiger partial charge in [0.15, 0.2) is 0 Å². The fourth-order valence-electron chi connectivity index (χ4n) is 2.51. The molecule has 1 N–H and O–H groups in total. The van der Waals surface area contributed by atoms with Gasteiger partial charge in [-0.15, -0.1) is 15.3 Å².